The molecule has 1 aliphatic rings. The maximum absolute atomic E-state index is 12.8. The number of aromatic nitrogens is 1. The number of H-pyrrole nitrogens is 1. The van der Waals surface area contributed by atoms with Gasteiger partial charge in [0.15, 0.2) is 5.43 Å². The molecule has 1 amide bonds. The molecule has 1 saturated heterocycles. The van der Waals surface area contributed by atoms with E-state index in [0.717, 1.165) is 22.8 Å². The van der Waals surface area contributed by atoms with Crippen LogP contribution in [0.25, 0.3) is 0 Å². The highest BCUT2D eigenvalue weighted by molar-refractivity contribution is 7.99. The second-order valence-electron chi connectivity index (χ2n) is 5.39. The van der Waals surface area contributed by atoms with Crippen LogP contribution < -0.4 is 5.43 Å². The summed E-state index contributed by atoms with van der Waals surface area (Å²) in [7, 11) is 0. The Hall–Kier alpha value is -2.01. The van der Waals surface area contributed by atoms with E-state index < -0.39 is 0 Å². The van der Waals surface area contributed by atoms with Gasteiger partial charge < -0.3 is 9.88 Å². The van der Waals surface area contributed by atoms with Crippen LogP contribution in [0, 0.1) is 6.92 Å². The Kier molecular flexibility index (Phi) is 4.34. The minimum atomic E-state index is -0.216. The van der Waals surface area contributed by atoms with Gasteiger partial charge >= 0.3 is 0 Å². The zero-order valence-corrected chi connectivity index (χ0v) is 13.2. The van der Waals surface area contributed by atoms with E-state index in [9.17, 15) is 9.59 Å². The van der Waals surface area contributed by atoms with Crippen molar-refractivity contribution in [3.8, 4) is 0 Å². The lowest BCUT2D eigenvalue weighted by Gasteiger charge is -2.35. The third kappa shape index (κ3) is 2.95. The summed E-state index contributed by atoms with van der Waals surface area (Å²) in [6.45, 7) is 2.47. The first-order valence-electron chi connectivity index (χ1n) is 7.30. The Balaban J connectivity index is 1.93. The molecule has 22 heavy (non-hydrogen) atoms. The number of carbonyl (C=O) groups excluding carboxylic acids is 1. The maximum atomic E-state index is 12.8. The number of aryl methyl sites for hydroxylation is 1. The molecule has 0 spiro atoms. The highest BCUT2D eigenvalue weighted by Crippen LogP contribution is 2.30. The van der Waals surface area contributed by atoms with Gasteiger partial charge in [0.2, 0.25) is 0 Å². The van der Waals surface area contributed by atoms with E-state index in [2.05, 4.69) is 4.98 Å². The van der Waals surface area contributed by atoms with Gasteiger partial charge in [0.1, 0.15) is 5.56 Å². The number of pyridine rings is 1. The van der Waals surface area contributed by atoms with Crippen molar-refractivity contribution >= 4 is 17.7 Å². The van der Waals surface area contributed by atoms with Gasteiger partial charge in [0, 0.05) is 36.0 Å². The van der Waals surface area contributed by atoms with Crippen molar-refractivity contribution in [1.82, 2.24) is 9.88 Å². The van der Waals surface area contributed by atoms with Crippen LogP contribution in [0.2, 0.25) is 0 Å². The molecule has 0 bridgehead atoms. The monoisotopic (exact) mass is 314 g/mol. The average Bonchev–Trinajstić information content (AvgIpc) is 2.55. The topological polar surface area (TPSA) is 53.2 Å². The number of rotatable bonds is 2. The van der Waals surface area contributed by atoms with Crippen molar-refractivity contribution in [3.05, 3.63) is 69.6 Å². The molecule has 0 unspecified atom stereocenters. The van der Waals surface area contributed by atoms with E-state index in [0.29, 0.717) is 6.54 Å². The van der Waals surface area contributed by atoms with E-state index in [-0.39, 0.29) is 22.9 Å². The first-order valence-corrected chi connectivity index (χ1v) is 8.45. The van der Waals surface area contributed by atoms with Crippen LogP contribution in [0.1, 0.15) is 27.7 Å². The summed E-state index contributed by atoms with van der Waals surface area (Å²) in [4.78, 5) is 29.7. The first kappa shape index (κ1) is 14.9. The lowest BCUT2D eigenvalue weighted by Crippen LogP contribution is -2.42. The molecule has 1 atom stereocenters. The molecular formula is C17H18N2O2S. The van der Waals surface area contributed by atoms with E-state index >= 15 is 0 Å². The number of hydrogen-bond acceptors (Lipinski definition) is 3. The average molecular weight is 314 g/mol. The second-order valence-corrected chi connectivity index (χ2v) is 6.54. The third-order valence-corrected chi connectivity index (χ3v) is 4.88. The Labute approximate surface area is 133 Å². The van der Waals surface area contributed by atoms with Crippen LogP contribution in [-0.4, -0.2) is 33.8 Å². The van der Waals surface area contributed by atoms with Gasteiger partial charge in [-0.25, -0.2) is 0 Å². The number of thioether (sulfide) groups is 1. The van der Waals surface area contributed by atoms with Crippen LogP contribution >= 0.6 is 11.8 Å². The Morgan fingerprint density at radius 3 is 2.82 bits per heavy atom. The van der Waals surface area contributed by atoms with Crippen molar-refractivity contribution in [2.45, 2.75) is 13.0 Å². The van der Waals surface area contributed by atoms with Crippen molar-refractivity contribution in [2.24, 2.45) is 0 Å². The Morgan fingerprint density at radius 1 is 1.32 bits per heavy atom. The molecule has 0 aliphatic carbocycles. The zero-order valence-electron chi connectivity index (χ0n) is 12.4. The number of hydrogen-bond donors (Lipinski definition) is 1. The van der Waals surface area contributed by atoms with Crippen LogP contribution in [0.15, 0.2) is 47.4 Å². The normalized spacial score (nSPS) is 18.2. The largest absolute Gasteiger partial charge is 0.364 e. The minimum absolute atomic E-state index is 0.0214. The van der Waals surface area contributed by atoms with Gasteiger partial charge in [-0.15, -0.1) is 0 Å². The van der Waals surface area contributed by atoms with Crippen molar-refractivity contribution in [3.63, 3.8) is 0 Å². The number of amides is 1. The first-order chi connectivity index (χ1) is 10.7. The van der Waals surface area contributed by atoms with Gasteiger partial charge in [-0.05, 0) is 12.5 Å². The predicted octanol–water partition coefficient (Wildman–Crippen LogP) is 2.61. The van der Waals surface area contributed by atoms with Gasteiger partial charge in [0.05, 0.1) is 6.04 Å². The molecule has 5 heteroatoms. The summed E-state index contributed by atoms with van der Waals surface area (Å²) in [5, 5.41) is 0. The molecule has 1 aromatic heterocycles. The smallest absolute Gasteiger partial charge is 0.259 e. The summed E-state index contributed by atoms with van der Waals surface area (Å²) in [6, 6.07) is 11.5. The lowest BCUT2D eigenvalue weighted by molar-refractivity contribution is 0.0699. The summed E-state index contributed by atoms with van der Waals surface area (Å²) in [5.41, 5.74) is 1.88. The van der Waals surface area contributed by atoms with E-state index in [1.54, 1.807) is 6.92 Å². The standard InChI is InChI=1S/C17H18N2O2S/c1-12-9-16(20)14(10-18-12)17(21)19-7-8-22-11-15(19)13-5-3-2-4-6-13/h2-6,9-10,15H,7-8,11H2,1H3,(H,18,20)/t15-/m1/s1. The highest BCUT2D eigenvalue weighted by Gasteiger charge is 2.30. The quantitative estimate of drug-likeness (QED) is 0.927. The van der Waals surface area contributed by atoms with E-state index in [1.807, 2.05) is 47.0 Å². The molecule has 4 nitrogen and oxygen atoms in total. The summed E-state index contributed by atoms with van der Waals surface area (Å²) >= 11 is 1.84. The van der Waals surface area contributed by atoms with Crippen molar-refractivity contribution in [1.29, 1.82) is 0 Å². The third-order valence-electron chi connectivity index (χ3n) is 3.86. The molecule has 2 heterocycles. The minimum Gasteiger partial charge on any atom is -0.364 e. The molecule has 1 aromatic carbocycles. The molecule has 2 aromatic rings. The maximum Gasteiger partial charge on any atom is 0.259 e. The predicted molar refractivity (Wildman–Crippen MR) is 89.3 cm³/mol. The van der Waals surface area contributed by atoms with E-state index in [1.165, 1.54) is 12.3 Å². The van der Waals surface area contributed by atoms with Crippen molar-refractivity contribution < 1.29 is 4.79 Å². The SMILES string of the molecule is Cc1cc(=O)c(C(=O)N2CCSC[C@@H]2c2ccccc2)c[nH]1. The highest BCUT2D eigenvalue weighted by atomic mass is 32.2. The Morgan fingerprint density at radius 2 is 2.09 bits per heavy atom. The fourth-order valence-corrected chi connectivity index (χ4v) is 3.78. The fourth-order valence-electron chi connectivity index (χ4n) is 2.69. The number of aromatic amines is 1. The van der Waals surface area contributed by atoms with Crippen molar-refractivity contribution in [2.75, 3.05) is 18.1 Å². The van der Waals surface area contributed by atoms with Crippen LogP contribution in [0.5, 0.6) is 0 Å². The molecule has 0 radical (unpaired) electrons. The molecule has 114 valence electrons. The number of nitrogens with one attached hydrogen (secondary N) is 1. The molecule has 1 fully saturated rings. The molecule has 1 N–H and O–H groups in total. The summed E-state index contributed by atoms with van der Waals surface area (Å²) < 4.78 is 0. The van der Waals surface area contributed by atoms with Crippen LogP contribution in [0.3, 0.4) is 0 Å². The van der Waals surface area contributed by atoms with Gasteiger partial charge in [-0.2, -0.15) is 11.8 Å². The molecule has 3 rings (SSSR count). The van der Waals surface area contributed by atoms with Gasteiger partial charge in [-0.1, -0.05) is 30.3 Å². The van der Waals surface area contributed by atoms with Gasteiger partial charge in [0.25, 0.3) is 5.91 Å². The summed E-state index contributed by atoms with van der Waals surface area (Å²) in [5.74, 6) is 1.58. The zero-order chi connectivity index (χ0) is 15.5. The fraction of sp³-hybridized carbons (Fsp3) is 0.294. The lowest BCUT2D eigenvalue weighted by atomic mass is 10.1. The van der Waals surface area contributed by atoms with Crippen LogP contribution in [0.4, 0.5) is 0 Å². The molecule has 0 saturated carbocycles. The van der Waals surface area contributed by atoms with Gasteiger partial charge in [-0.3, -0.25) is 9.59 Å². The number of nitrogens with zero attached hydrogens (tertiary/aromatic N) is 1. The Bertz CT molecular complexity index is 727. The van der Waals surface area contributed by atoms with E-state index in [4.69, 9.17) is 0 Å². The molecule has 1 aliphatic heterocycles. The van der Waals surface area contributed by atoms with Crippen LogP contribution in [-0.2, 0) is 0 Å². The number of benzene rings is 1. The second kappa shape index (κ2) is 6.40. The number of carbonyl (C=O) groups is 1. The molecular weight excluding hydrogens is 296 g/mol. The summed E-state index contributed by atoms with van der Waals surface area (Å²) in [6.07, 6.45) is 1.53.